The maximum atomic E-state index is 11.3. The first kappa shape index (κ1) is 23.8. The van der Waals surface area contributed by atoms with Crippen LogP contribution in [0.2, 0.25) is 0 Å². The molecular formula is C29H28N4O2S. The predicted octanol–water partition coefficient (Wildman–Crippen LogP) is 5.98. The van der Waals surface area contributed by atoms with E-state index in [9.17, 15) is 9.90 Å². The molecule has 2 aromatic heterocycles. The Balaban J connectivity index is 1.66. The fourth-order valence-corrected chi connectivity index (χ4v) is 5.41. The molecule has 36 heavy (non-hydrogen) atoms. The van der Waals surface area contributed by atoms with E-state index in [0.717, 1.165) is 34.0 Å². The summed E-state index contributed by atoms with van der Waals surface area (Å²) in [5, 5.41) is 13.5. The number of carboxylic acid groups (broad SMARTS) is 1. The molecule has 0 amide bonds. The second kappa shape index (κ2) is 9.24. The second-order valence-electron chi connectivity index (χ2n) is 9.28. The van der Waals surface area contributed by atoms with Crippen LogP contribution >= 0.6 is 12.2 Å². The molecule has 2 atom stereocenters. The van der Waals surface area contributed by atoms with E-state index in [1.165, 1.54) is 11.1 Å². The van der Waals surface area contributed by atoms with Crippen LogP contribution in [-0.2, 0) is 0 Å². The summed E-state index contributed by atoms with van der Waals surface area (Å²) in [4.78, 5) is 18.2. The Hall–Kier alpha value is -3.97. The van der Waals surface area contributed by atoms with Crippen LogP contribution in [-0.4, -0.2) is 25.7 Å². The molecule has 1 fully saturated rings. The number of aromatic carboxylic acids is 1. The van der Waals surface area contributed by atoms with Gasteiger partial charge in [0.05, 0.1) is 23.3 Å². The van der Waals surface area contributed by atoms with E-state index in [1.807, 2.05) is 36.5 Å². The molecule has 0 saturated carbocycles. The molecular weight excluding hydrogens is 468 g/mol. The molecule has 0 spiro atoms. The lowest BCUT2D eigenvalue weighted by Crippen LogP contribution is -2.29. The molecule has 0 bridgehead atoms. The number of thiocarbonyl (C=S) groups is 1. The van der Waals surface area contributed by atoms with Gasteiger partial charge in [0.1, 0.15) is 0 Å². The van der Waals surface area contributed by atoms with Crippen molar-refractivity contribution >= 4 is 29.0 Å². The lowest BCUT2D eigenvalue weighted by Gasteiger charge is -2.28. The third kappa shape index (κ3) is 4.05. The Morgan fingerprint density at radius 1 is 0.944 bits per heavy atom. The molecule has 2 N–H and O–H groups in total. The summed E-state index contributed by atoms with van der Waals surface area (Å²) in [6, 6.07) is 21.3. The van der Waals surface area contributed by atoms with Gasteiger partial charge in [-0.2, -0.15) is 0 Å². The van der Waals surface area contributed by atoms with Gasteiger partial charge < -0.3 is 19.9 Å². The number of benzene rings is 2. The zero-order valence-corrected chi connectivity index (χ0v) is 21.5. The molecule has 0 radical (unpaired) electrons. The predicted molar refractivity (Wildman–Crippen MR) is 146 cm³/mol. The van der Waals surface area contributed by atoms with Crippen LogP contribution in [0, 0.1) is 27.7 Å². The summed E-state index contributed by atoms with van der Waals surface area (Å²) in [7, 11) is 0. The highest BCUT2D eigenvalue weighted by Crippen LogP contribution is 2.44. The van der Waals surface area contributed by atoms with Gasteiger partial charge >= 0.3 is 5.97 Å². The first-order valence-corrected chi connectivity index (χ1v) is 12.3. The van der Waals surface area contributed by atoms with Gasteiger partial charge in [-0.25, -0.2) is 4.79 Å². The Morgan fingerprint density at radius 2 is 1.67 bits per heavy atom. The van der Waals surface area contributed by atoms with Gasteiger partial charge in [0, 0.05) is 29.0 Å². The smallest absolute Gasteiger partial charge is 0.335 e. The summed E-state index contributed by atoms with van der Waals surface area (Å²) in [6.45, 7) is 8.39. The number of hydrogen-bond donors (Lipinski definition) is 2. The molecule has 1 aliphatic rings. The molecule has 4 aromatic rings. The number of hydrogen-bond acceptors (Lipinski definition) is 3. The number of nitrogens with one attached hydrogen (secondary N) is 1. The van der Waals surface area contributed by atoms with Crippen LogP contribution in [0.1, 0.15) is 56.2 Å². The molecule has 3 heterocycles. The Kier molecular flexibility index (Phi) is 6.10. The first-order valence-electron chi connectivity index (χ1n) is 11.9. The van der Waals surface area contributed by atoms with Crippen LogP contribution in [0.15, 0.2) is 72.9 Å². The van der Waals surface area contributed by atoms with Gasteiger partial charge in [-0.15, -0.1) is 0 Å². The number of pyridine rings is 1. The molecule has 7 heteroatoms. The largest absolute Gasteiger partial charge is 0.478 e. The standard InChI is InChI=1S/C29H28N4O2S/c1-17-8-11-23(15-18(17)2)33-27(26(31-29(33)36)25-7-5-6-14-30-25)24-16-19(3)32(20(24)4)22-12-9-21(10-13-22)28(34)35/h5-16,26-27H,1-4H3,(H,31,36)(H,34,35). The minimum Gasteiger partial charge on any atom is -0.478 e. The van der Waals surface area contributed by atoms with Gasteiger partial charge in [0.25, 0.3) is 0 Å². The number of nitrogens with zero attached hydrogens (tertiary/aromatic N) is 3. The SMILES string of the molecule is Cc1ccc(N2C(=S)NC(c3ccccn3)C2c2cc(C)n(-c3ccc(C(=O)O)cc3)c2C)cc1C. The third-order valence-corrected chi connectivity index (χ3v) is 7.34. The molecule has 182 valence electrons. The number of anilines is 1. The topological polar surface area (TPSA) is 70.4 Å². The summed E-state index contributed by atoms with van der Waals surface area (Å²) in [6.07, 6.45) is 1.81. The molecule has 0 aliphatic carbocycles. The molecule has 2 aromatic carbocycles. The summed E-state index contributed by atoms with van der Waals surface area (Å²) >= 11 is 5.89. The first-order chi connectivity index (χ1) is 17.3. The van der Waals surface area contributed by atoms with Crippen LogP contribution in [0.4, 0.5) is 5.69 Å². The Labute approximate surface area is 216 Å². The van der Waals surface area contributed by atoms with E-state index in [4.69, 9.17) is 12.2 Å². The minimum absolute atomic E-state index is 0.118. The number of aromatic nitrogens is 2. The van der Waals surface area contributed by atoms with Crippen molar-refractivity contribution in [3.8, 4) is 5.69 Å². The van der Waals surface area contributed by atoms with Crippen molar-refractivity contribution in [3.05, 3.63) is 112 Å². The van der Waals surface area contributed by atoms with Crippen molar-refractivity contribution in [1.29, 1.82) is 0 Å². The highest BCUT2D eigenvalue weighted by atomic mass is 32.1. The minimum atomic E-state index is -0.934. The van der Waals surface area contributed by atoms with Crippen LogP contribution < -0.4 is 10.2 Å². The van der Waals surface area contributed by atoms with E-state index in [2.05, 4.69) is 71.7 Å². The van der Waals surface area contributed by atoms with E-state index >= 15 is 0 Å². The van der Waals surface area contributed by atoms with Gasteiger partial charge in [-0.1, -0.05) is 12.1 Å². The van der Waals surface area contributed by atoms with Crippen molar-refractivity contribution in [1.82, 2.24) is 14.9 Å². The highest BCUT2D eigenvalue weighted by molar-refractivity contribution is 7.80. The van der Waals surface area contributed by atoms with E-state index < -0.39 is 5.97 Å². The summed E-state index contributed by atoms with van der Waals surface area (Å²) < 4.78 is 2.16. The lowest BCUT2D eigenvalue weighted by molar-refractivity contribution is 0.0697. The second-order valence-corrected chi connectivity index (χ2v) is 9.67. The highest BCUT2D eigenvalue weighted by Gasteiger charge is 2.42. The average Bonchev–Trinajstić information content (AvgIpc) is 3.36. The molecule has 5 rings (SSSR count). The average molecular weight is 497 g/mol. The number of carbonyl (C=O) groups is 1. The molecule has 2 unspecified atom stereocenters. The van der Waals surface area contributed by atoms with Crippen molar-refractivity contribution in [2.24, 2.45) is 0 Å². The van der Waals surface area contributed by atoms with Crippen molar-refractivity contribution in [2.75, 3.05) is 4.90 Å². The monoisotopic (exact) mass is 496 g/mol. The van der Waals surface area contributed by atoms with Gasteiger partial charge in [0.2, 0.25) is 0 Å². The van der Waals surface area contributed by atoms with E-state index in [0.29, 0.717) is 5.11 Å². The zero-order valence-electron chi connectivity index (χ0n) is 20.7. The molecule has 1 saturated heterocycles. The van der Waals surface area contributed by atoms with E-state index in [-0.39, 0.29) is 17.6 Å². The third-order valence-electron chi connectivity index (χ3n) is 7.03. The normalized spacial score (nSPS) is 17.3. The van der Waals surface area contributed by atoms with Crippen LogP contribution in [0.3, 0.4) is 0 Å². The van der Waals surface area contributed by atoms with Crippen LogP contribution in [0.25, 0.3) is 5.69 Å². The Morgan fingerprint density at radius 3 is 2.31 bits per heavy atom. The van der Waals surface area contributed by atoms with Gasteiger partial charge in [0.15, 0.2) is 5.11 Å². The Bertz CT molecular complexity index is 1460. The fourth-order valence-electron chi connectivity index (χ4n) is 5.06. The number of aryl methyl sites for hydroxylation is 3. The fraction of sp³-hybridized carbons (Fsp3) is 0.207. The van der Waals surface area contributed by atoms with Crippen LogP contribution in [0.5, 0.6) is 0 Å². The zero-order chi connectivity index (χ0) is 25.6. The quantitative estimate of drug-likeness (QED) is 0.331. The van der Waals surface area contributed by atoms with Gasteiger partial charge in [-0.3, -0.25) is 4.98 Å². The van der Waals surface area contributed by atoms with Crippen molar-refractivity contribution in [2.45, 2.75) is 39.8 Å². The number of rotatable bonds is 5. The summed E-state index contributed by atoms with van der Waals surface area (Å²) in [5.74, 6) is -0.934. The maximum absolute atomic E-state index is 11.3. The lowest BCUT2D eigenvalue weighted by atomic mass is 9.96. The summed E-state index contributed by atoms with van der Waals surface area (Å²) in [5.41, 5.74) is 8.85. The molecule has 1 aliphatic heterocycles. The maximum Gasteiger partial charge on any atom is 0.335 e. The molecule has 6 nitrogen and oxygen atoms in total. The van der Waals surface area contributed by atoms with E-state index in [1.54, 1.807) is 12.1 Å². The van der Waals surface area contributed by atoms with Crippen molar-refractivity contribution < 1.29 is 9.90 Å². The number of carboxylic acids is 1. The van der Waals surface area contributed by atoms with Gasteiger partial charge in [-0.05, 0) is 111 Å². The van der Waals surface area contributed by atoms with Crippen molar-refractivity contribution in [3.63, 3.8) is 0 Å².